The monoisotopic (exact) mass is 441 g/mol. The van der Waals surface area contributed by atoms with E-state index in [9.17, 15) is 0 Å². The van der Waals surface area contributed by atoms with Crippen LogP contribution in [0.1, 0.15) is 112 Å². The van der Waals surface area contributed by atoms with E-state index in [1.165, 1.54) is 70.6 Å². The van der Waals surface area contributed by atoms with Gasteiger partial charge in [-0.15, -0.1) is 0 Å². The van der Waals surface area contributed by atoms with Crippen molar-refractivity contribution in [3.05, 3.63) is 0 Å². The third-order valence-corrected chi connectivity index (χ3v) is 6.71. The second-order valence-corrected chi connectivity index (χ2v) is 11.2. The van der Waals surface area contributed by atoms with Crippen molar-refractivity contribution in [1.29, 1.82) is 0 Å². The molecule has 0 radical (unpaired) electrons. The molecule has 3 heteroatoms. The van der Waals surface area contributed by atoms with Crippen LogP contribution in [0.2, 0.25) is 0 Å². The predicted octanol–water partition coefficient (Wildman–Crippen LogP) is 7.83. The number of hydrogen-bond donors (Lipinski definition) is 0. The summed E-state index contributed by atoms with van der Waals surface area (Å²) >= 11 is 0. The Morgan fingerprint density at radius 3 is 1.55 bits per heavy atom. The lowest BCUT2D eigenvalue weighted by Crippen LogP contribution is -2.23. The first-order valence-corrected chi connectivity index (χ1v) is 13.5. The summed E-state index contributed by atoms with van der Waals surface area (Å²) in [6, 6.07) is 0. The Kier molecular flexibility index (Phi) is 20.4. The van der Waals surface area contributed by atoms with Crippen LogP contribution in [0.15, 0.2) is 0 Å². The minimum atomic E-state index is 0.255. The highest BCUT2D eigenvalue weighted by Crippen LogP contribution is 2.22. The standard InChI is InChI=1S/C28H59NO2/c1-24(2)13-9-14-25(3)15-10-16-26(4)17-11-18-27(5)20-22-31-28(23-30-8)19-12-21-29(6)7/h24-28H,9-23H2,1-8H3. The molecule has 0 fully saturated rings. The summed E-state index contributed by atoms with van der Waals surface area (Å²) in [6.45, 7) is 14.7. The molecule has 0 amide bonds. The molecular formula is C28H59NO2. The van der Waals surface area contributed by atoms with Crippen molar-refractivity contribution in [3.63, 3.8) is 0 Å². The highest BCUT2D eigenvalue weighted by molar-refractivity contribution is 4.63. The van der Waals surface area contributed by atoms with Crippen molar-refractivity contribution in [1.82, 2.24) is 4.90 Å². The normalized spacial score (nSPS) is 16.1. The zero-order chi connectivity index (χ0) is 23.5. The summed E-state index contributed by atoms with van der Waals surface area (Å²) < 4.78 is 11.5. The molecule has 4 atom stereocenters. The highest BCUT2D eigenvalue weighted by atomic mass is 16.5. The van der Waals surface area contributed by atoms with Crippen molar-refractivity contribution in [2.75, 3.05) is 41.0 Å². The highest BCUT2D eigenvalue weighted by Gasteiger charge is 2.11. The first-order chi connectivity index (χ1) is 14.7. The van der Waals surface area contributed by atoms with Gasteiger partial charge in [0.1, 0.15) is 0 Å². The molecule has 0 aliphatic carbocycles. The largest absolute Gasteiger partial charge is 0.382 e. The molecule has 188 valence electrons. The number of ether oxygens (including phenoxy) is 2. The minimum absolute atomic E-state index is 0.255. The maximum Gasteiger partial charge on any atom is 0.0808 e. The van der Waals surface area contributed by atoms with Gasteiger partial charge in [0.2, 0.25) is 0 Å². The summed E-state index contributed by atoms with van der Waals surface area (Å²) in [4.78, 5) is 2.24. The van der Waals surface area contributed by atoms with Gasteiger partial charge >= 0.3 is 0 Å². The third kappa shape index (κ3) is 21.5. The molecular weight excluding hydrogens is 382 g/mol. The zero-order valence-corrected chi connectivity index (χ0v) is 22.8. The van der Waals surface area contributed by atoms with Crippen LogP contribution in [-0.4, -0.2) is 52.0 Å². The molecule has 0 saturated heterocycles. The molecule has 0 saturated carbocycles. The van der Waals surface area contributed by atoms with Crippen molar-refractivity contribution in [3.8, 4) is 0 Å². The maximum atomic E-state index is 6.14. The molecule has 0 aromatic heterocycles. The van der Waals surface area contributed by atoms with Crippen LogP contribution < -0.4 is 0 Å². The van der Waals surface area contributed by atoms with Gasteiger partial charge in [0.05, 0.1) is 12.7 Å². The van der Waals surface area contributed by atoms with Crippen LogP contribution >= 0.6 is 0 Å². The van der Waals surface area contributed by atoms with Gasteiger partial charge in [0.25, 0.3) is 0 Å². The molecule has 31 heavy (non-hydrogen) atoms. The number of methoxy groups -OCH3 is 1. The Morgan fingerprint density at radius 2 is 1.10 bits per heavy atom. The second kappa shape index (κ2) is 20.5. The van der Waals surface area contributed by atoms with Crippen LogP contribution in [0.3, 0.4) is 0 Å². The Balaban J connectivity index is 3.74. The SMILES string of the molecule is COCC(CCCN(C)C)OCCC(C)CCCC(C)CCCC(C)CCCC(C)C. The molecule has 0 bridgehead atoms. The zero-order valence-electron chi connectivity index (χ0n) is 22.8. The first-order valence-electron chi connectivity index (χ1n) is 13.5. The van der Waals surface area contributed by atoms with Crippen molar-refractivity contribution < 1.29 is 9.47 Å². The van der Waals surface area contributed by atoms with Gasteiger partial charge in [-0.1, -0.05) is 92.4 Å². The lowest BCUT2D eigenvalue weighted by atomic mass is 9.91. The van der Waals surface area contributed by atoms with Crippen molar-refractivity contribution in [2.45, 2.75) is 118 Å². The summed E-state index contributed by atoms with van der Waals surface area (Å²) in [7, 11) is 6.04. The lowest BCUT2D eigenvalue weighted by molar-refractivity contribution is -0.0124. The quantitative estimate of drug-likeness (QED) is 0.171. The van der Waals surface area contributed by atoms with Gasteiger partial charge in [-0.25, -0.2) is 0 Å². The van der Waals surface area contributed by atoms with Gasteiger partial charge in [-0.3, -0.25) is 0 Å². The van der Waals surface area contributed by atoms with E-state index in [0.29, 0.717) is 0 Å². The van der Waals surface area contributed by atoms with E-state index < -0.39 is 0 Å². The first kappa shape index (κ1) is 30.9. The fourth-order valence-electron chi connectivity index (χ4n) is 4.41. The van der Waals surface area contributed by atoms with Crippen LogP contribution in [0.25, 0.3) is 0 Å². The fraction of sp³-hybridized carbons (Fsp3) is 1.00. The van der Waals surface area contributed by atoms with Gasteiger partial charge in [-0.2, -0.15) is 0 Å². The summed E-state index contributed by atoms with van der Waals surface area (Å²) in [5.74, 6) is 3.42. The van der Waals surface area contributed by atoms with E-state index in [2.05, 4.69) is 53.6 Å². The Hall–Kier alpha value is -0.120. The van der Waals surface area contributed by atoms with Crippen LogP contribution in [0.5, 0.6) is 0 Å². The smallest absolute Gasteiger partial charge is 0.0808 e. The summed E-state index contributed by atoms with van der Waals surface area (Å²) in [6.07, 6.45) is 16.3. The molecule has 0 aromatic rings. The molecule has 0 N–H and O–H groups in total. The molecule has 0 heterocycles. The van der Waals surface area contributed by atoms with E-state index in [4.69, 9.17) is 9.47 Å². The molecule has 0 aromatic carbocycles. The third-order valence-electron chi connectivity index (χ3n) is 6.71. The van der Waals surface area contributed by atoms with Gasteiger partial charge < -0.3 is 14.4 Å². The van der Waals surface area contributed by atoms with E-state index in [-0.39, 0.29) is 6.10 Å². The molecule has 0 aliphatic heterocycles. The fourth-order valence-corrected chi connectivity index (χ4v) is 4.41. The molecule has 0 spiro atoms. The van der Waals surface area contributed by atoms with Gasteiger partial charge in [-0.05, 0) is 63.6 Å². The summed E-state index contributed by atoms with van der Waals surface area (Å²) in [5, 5.41) is 0. The van der Waals surface area contributed by atoms with Crippen LogP contribution in [-0.2, 0) is 9.47 Å². The summed E-state index contributed by atoms with van der Waals surface area (Å²) in [5.41, 5.74) is 0. The van der Waals surface area contributed by atoms with Crippen molar-refractivity contribution in [2.24, 2.45) is 23.7 Å². The molecule has 0 rings (SSSR count). The minimum Gasteiger partial charge on any atom is -0.382 e. The lowest BCUT2D eigenvalue weighted by Gasteiger charge is -2.20. The maximum absolute atomic E-state index is 6.14. The Labute approximate surface area is 197 Å². The van der Waals surface area contributed by atoms with E-state index in [1.807, 2.05) is 0 Å². The van der Waals surface area contributed by atoms with Crippen LogP contribution in [0, 0.1) is 23.7 Å². The average molecular weight is 442 g/mol. The average Bonchev–Trinajstić information content (AvgIpc) is 2.67. The Bertz CT molecular complexity index is 372. The molecule has 3 nitrogen and oxygen atoms in total. The van der Waals surface area contributed by atoms with E-state index >= 15 is 0 Å². The predicted molar refractivity (Wildman–Crippen MR) is 138 cm³/mol. The molecule has 0 aliphatic rings. The Morgan fingerprint density at radius 1 is 0.613 bits per heavy atom. The van der Waals surface area contributed by atoms with Crippen molar-refractivity contribution >= 4 is 0 Å². The van der Waals surface area contributed by atoms with Gasteiger partial charge in [0, 0.05) is 13.7 Å². The second-order valence-electron chi connectivity index (χ2n) is 11.2. The molecule has 4 unspecified atom stereocenters. The van der Waals surface area contributed by atoms with Crippen LogP contribution in [0.4, 0.5) is 0 Å². The number of hydrogen-bond acceptors (Lipinski definition) is 3. The van der Waals surface area contributed by atoms with E-state index in [0.717, 1.165) is 49.9 Å². The van der Waals surface area contributed by atoms with Gasteiger partial charge in [0.15, 0.2) is 0 Å². The van der Waals surface area contributed by atoms with E-state index in [1.54, 1.807) is 7.11 Å². The topological polar surface area (TPSA) is 21.7 Å². The number of nitrogens with zero attached hydrogens (tertiary/aromatic N) is 1. The number of rotatable bonds is 22.